The van der Waals surface area contributed by atoms with Crippen LogP contribution in [-0.2, 0) is 0 Å². The quantitative estimate of drug-likeness (QED) is 0.328. The zero-order valence-corrected chi connectivity index (χ0v) is 16.7. The lowest BCUT2D eigenvalue weighted by Crippen LogP contribution is -2.43. The van der Waals surface area contributed by atoms with Crippen LogP contribution in [0.2, 0.25) is 0 Å². The van der Waals surface area contributed by atoms with Gasteiger partial charge in [-0.05, 0) is 25.7 Å². The second-order valence-electron chi connectivity index (χ2n) is 7.45. The Hall–Kier alpha value is 0.540. The van der Waals surface area contributed by atoms with E-state index in [9.17, 15) is 0 Å². The van der Waals surface area contributed by atoms with Gasteiger partial charge in [-0.3, -0.25) is 0 Å². The maximum Gasteiger partial charge on any atom is 0.0555 e. The molecule has 0 amide bonds. The van der Waals surface area contributed by atoms with Gasteiger partial charge in [-0.1, -0.05) is 60.1 Å². The monoisotopic (exact) mass is 376 g/mol. The number of aliphatic hydroxyl groups is 2. The highest BCUT2D eigenvalue weighted by Crippen LogP contribution is 2.53. The van der Waals surface area contributed by atoms with Crippen molar-refractivity contribution in [3.05, 3.63) is 0 Å². The molecule has 2 aliphatic rings. The average Bonchev–Trinajstić information content (AvgIpc) is 2.63. The summed E-state index contributed by atoms with van der Waals surface area (Å²) < 4.78 is 0.666. The summed E-state index contributed by atoms with van der Waals surface area (Å²) in [7, 11) is 4.26. The lowest BCUT2D eigenvalue weighted by atomic mass is 9.88. The predicted octanol–water partition coefficient (Wildman–Crippen LogP) is 2.94. The van der Waals surface area contributed by atoms with Gasteiger partial charge in [-0.25, -0.2) is 0 Å². The van der Waals surface area contributed by atoms with Gasteiger partial charge < -0.3 is 20.8 Å². The maximum atomic E-state index is 9.07. The van der Waals surface area contributed by atoms with Crippen molar-refractivity contribution in [2.45, 2.75) is 73.7 Å². The van der Waals surface area contributed by atoms with Crippen LogP contribution in [0.5, 0.6) is 0 Å². The molecule has 0 heterocycles. The molecular formula is C18H36N2O2S2. The molecule has 2 rings (SSSR count). The molecule has 4 nitrogen and oxygen atoms in total. The van der Waals surface area contributed by atoms with Crippen LogP contribution in [-0.4, -0.2) is 59.1 Å². The van der Waals surface area contributed by atoms with E-state index in [2.05, 4.69) is 32.2 Å². The molecule has 0 aliphatic heterocycles. The normalized spacial score (nSPS) is 23.2. The first-order valence-electron chi connectivity index (χ1n) is 9.74. The zero-order chi connectivity index (χ0) is 17.1. The zero-order valence-electron chi connectivity index (χ0n) is 15.0. The van der Waals surface area contributed by atoms with E-state index in [1.807, 2.05) is 0 Å². The molecule has 0 aromatic heterocycles. The SMILES string of the molecule is OCCNCC1(SSC2(CNCCO)CCCCC2)CCCCC1. The fourth-order valence-corrected chi connectivity index (χ4v) is 7.94. The van der Waals surface area contributed by atoms with E-state index in [0.29, 0.717) is 22.6 Å². The van der Waals surface area contributed by atoms with Crippen molar-refractivity contribution in [1.82, 2.24) is 10.6 Å². The van der Waals surface area contributed by atoms with Gasteiger partial charge in [0.1, 0.15) is 0 Å². The number of hydrogen-bond donors (Lipinski definition) is 4. The van der Waals surface area contributed by atoms with E-state index in [0.717, 1.165) is 13.1 Å². The largest absolute Gasteiger partial charge is 0.395 e. The Morgan fingerprint density at radius 1 is 0.625 bits per heavy atom. The van der Waals surface area contributed by atoms with Crippen molar-refractivity contribution in [1.29, 1.82) is 0 Å². The summed E-state index contributed by atoms with van der Waals surface area (Å²) in [6.07, 6.45) is 13.3. The van der Waals surface area contributed by atoms with Gasteiger partial charge in [-0.15, -0.1) is 0 Å². The molecule has 0 spiro atoms. The van der Waals surface area contributed by atoms with Crippen molar-refractivity contribution in [2.24, 2.45) is 0 Å². The molecule has 0 atom stereocenters. The second-order valence-corrected chi connectivity index (χ2v) is 10.5. The molecule has 24 heavy (non-hydrogen) atoms. The first kappa shape index (κ1) is 20.8. The summed E-state index contributed by atoms with van der Waals surface area (Å²) in [5.74, 6) is 0. The van der Waals surface area contributed by atoms with Crippen LogP contribution in [0.4, 0.5) is 0 Å². The molecule has 2 aliphatic carbocycles. The van der Waals surface area contributed by atoms with Crippen molar-refractivity contribution < 1.29 is 10.2 Å². The summed E-state index contributed by atoms with van der Waals surface area (Å²) >= 11 is 0. The molecule has 0 aromatic rings. The fourth-order valence-electron chi connectivity index (χ4n) is 3.94. The molecule has 142 valence electrons. The molecule has 6 heteroatoms. The third kappa shape index (κ3) is 6.69. The van der Waals surface area contributed by atoms with Crippen LogP contribution in [0.1, 0.15) is 64.2 Å². The van der Waals surface area contributed by atoms with Crippen LogP contribution < -0.4 is 10.6 Å². The van der Waals surface area contributed by atoms with E-state index in [1.165, 1.54) is 64.2 Å². The third-order valence-corrected chi connectivity index (χ3v) is 9.66. The summed E-state index contributed by atoms with van der Waals surface area (Å²) in [5.41, 5.74) is 0. The summed E-state index contributed by atoms with van der Waals surface area (Å²) in [6, 6.07) is 0. The van der Waals surface area contributed by atoms with Gasteiger partial charge in [0.15, 0.2) is 0 Å². The molecule has 2 saturated carbocycles. The van der Waals surface area contributed by atoms with Gasteiger partial charge in [0.2, 0.25) is 0 Å². The molecule has 0 unspecified atom stereocenters. The smallest absolute Gasteiger partial charge is 0.0555 e. The Morgan fingerprint density at radius 2 is 1.00 bits per heavy atom. The van der Waals surface area contributed by atoms with E-state index in [-0.39, 0.29) is 13.2 Å². The van der Waals surface area contributed by atoms with Gasteiger partial charge in [0.05, 0.1) is 13.2 Å². The van der Waals surface area contributed by atoms with Crippen molar-refractivity contribution in [3.8, 4) is 0 Å². The minimum Gasteiger partial charge on any atom is -0.395 e. The summed E-state index contributed by atoms with van der Waals surface area (Å²) in [6.45, 7) is 3.90. The van der Waals surface area contributed by atoms with Crippen LogP contribution in [0.3, 0.4) is 0 Å². The topological polar surface area (TPSA) is 64.5 Å². The summed E-state index contributed by atoms with van der Waals surface area (Å²) in [5, 5.41) is 25.1. The van der Waals surface area contributed by atoms with E-state index < -0.39 is 0 Å². The predicted molar refractivity (Wildman–Crippen MR) is 107 cm³/mol. The van der Waals surface area contributed by atoms with Gasteiger partial charge in [0, 0.05) is 35.7 Å². The highest BCUT2D eigenvalue weighted by Gasteiger charge is 2.39. The lowest BCUT2D eigenvalue weighted by molar-refractivity contribution is 0.283. The highest BCUT2D eigenvalue weighted by atomic mass is 33.1. The molecule has 0 radical (unpaired) electrons. The minimum absolute atomic E-state index is 0.225. The van der Waals surface area contributed by atoms with Crippen LogP contribution in [0, 0.1) is 0 Å². The van der Waals surface area contributed by atoms with Crippen LogP contribution >= 0.6 is 21.6 Å². The van der Waals surface area contributed by atoms with Crippen LogP contribution in [0.15, 0.2) is 0 Å². The first-order chi connectivity index (χ1) is 11.7. The molecule has 0 aromatic carbocycles. The maximum absolute atomic E-state index is 9.07. The lowest BCUT2D eigenvalue weighted by Gasteiger charge is -2.42. The van der Waals surface area contributed by atoms with Crippen molar-refractivity contribution >= 4 is 21.6 Å². The van der Waals surface area contributed by atoms with Gasteiger partial charge in [-0.2, -0.15) is 0 Å². The van der Waals surface area contributed by atoms with Gasteiger partial charge >= 0.3 is 0 Å². The third-order valence-electron chi connectivity index (χ3n) is 5.40. The van der Waals surface area contributed by atoms with E-state index in [1.54, 1.807) is 0 Å². The Kier molecular flexibility index (Phi) is 9.81. The molecule has 2 fully saturated rings. The Balaban J connectivity index is 1.92. The highest BCUT2D eigenvalue weighted by molar-refractivity contribution is 8.77. The van der Waals surface area contributed by atoms with Crippen molar-refractivity contribution in [3.63, 3.8) is 0 Å². The Labute approximate surface area is 155 Å². The van der Waals surface area contributed by atoms with E-state index >= 15 is 0 Å². The van der Waals surface area contributed by atoms with Gasteiger partial charge in [0.25, 0.3) is 0 Å². The minimum atomic E-state index is 0.225. The number of hydrogen-bond acceptors (Lipinski definition) is 6. The molecular weight excluding hydrogens is 340 g/mol. The molecule has 0 bridgehead atoms. The van der Waals surface area contributed by atoms with Crippen LogP contribution in [0.25, 0.3) is 0 Å². The first-order valence-corrected chi connectivity index (χ1v) is 11.9. The van der Waals surface area contributed by atoms with E-state index in [4.69, 9.17) is 10.2 Å². The molecule has 4 N–H and O–H groups in total. The Bertz CT molecular complexity index is 301. The second kappa shape index (κ2) is 11.3. The number of aliphatic hydroxyl groups excluding tert-OH is 2. The molecule has 0 saturated heterocycles. The standard InChI is InChI=1S/C18H36N2O2S2/c21-13-11-19-15-17(7-3-1-4-8-17)23-24-18(16-20-12-14-22)9-5-2-6-10-18/h19-22H,1-16H2. The average molecular weight is 377 g/mol. The fraction of sp³-hybridized carbons (Fsp3) is 1.00. The Morgan fingerprint density at radius 3 is 1.33 bits per heavy atom. The number of nitrogens with one attached hydrogen (secondary N) is 2. The number of rotatable bonds is 11. The summed E-state index contributed by atoms with van der Waals surface area (Å²) in [4.78, 5) is 0. The van der Waals surface area contributed by atoms with Crippen molar-refractivity contribution in [2.75, 3.05) is 39.4 Å².